The fourth-order valence-corrected chi connectivity index (χ4v) is 1.69. The Morgan fingerprint density at radius 1 is 1.35 bits per heavy atom. The van der Waals surface area contributed by atoms with Crippen LogP contribution in [-0.2, 0) is 0 Å². The van der Waals surface area contributed by atoms with E-state index >= 15 is 0 Å². The molecule has 1 aromatic carbocycles. The molecule has 0 aliphatic carbocycles. The second-order valence-electron chi connectivity index (χ2n) is 4.01. The van der Waals surface area contributed by atoms with E-state index in [1.165, 1.54) is 6.07 Å². The van der Waals surface area contributed by atoms with Gasteiger partial charge in [-0.05, 0) is 25.1 Å². The molecular weight excluding hydrogens is 292 g/mol. The SMILES string of the molecule is CC(C)NCCCOc1cc(Br)cc(F)c1F. The van der Waals surface area contributed by atoms with Crippen molar-refractivity contribution in [2.45, 2.75) is 26.3 Å². The van der Waals surface area contributed by atoms with E-state index in [9.17, 15) is 8.78 Å². The molecule has 2 nitrogen and oxygen atoms in total. The molecule has 0 saturated heterocycles. The first kappa shape index (κ1) is 14.4. The van der Waals surface area contributed by atoms with Crippen molar-refractivity contribution in [1.29, 1.82) is 0 Å². The molecule has 0 bridgehead atoms. The van der Waals surface area contributed by atoms with E-state index in [1.54, 1.807) is 0 Å². The second-order valence-corrected chi connectivity index (χ2v) is 4.93. The van der Waals surface area contributed by atoms with Crippen LogP contribution < -0.4 is 10.1 Å². The average molecular weight is 308 g/mol. The molecule has 0 atom stereocenters. The van der Waals surface area contributed by atoms with Crippen LogP contribution in [-0.4, -0.2) is 19.2 Å². The highest BCUT2D eigenvalue weighted by molar-refractivity contribution is 9.10. The molecule has 0 fully saturated rings. The first-order valence-electron chi connectivity index (χ1n) is 5.51. The van der Waals surface area contributed by atoms with Crippen molar-refractivity contribution in [2.75, 3.05) is 13.2 Å². The van der Waals surface area contributed by atoms with Gasteiger partial charge in [0.1, 0.15) is 0 Å². The fourth-order valence-electron chi connectivity index (χ4n) is 1.28. The van der Waals surface area contributed by atoms with Gasteiger partial charge in [0.15, 0.2) is 11.6 Å². The minimum atomic E-state index is -0.940. The maximum atomic E-state index is 13.3. The molecule has 0 aliphatic heterocycles. The monoisotopic (exact) mass is 307 g/mol. The zero-order valence-corrected chi connectivity index (χ0v) is 11.5. The number of nitrogens with one attached hydrogen (secondary N) is 1. The maximum Gasteiger partial charge on any atom is 0.200 e. The Kier molecular flexibility index (Phi) is 5.85. The highest BCUT2D eigenvalue weighted by Crippen LogP contribution is 2.25. The molecule has 0 heterocycles. The van der Waals surface area contributed by atoms with Crippen LogP contribution in [0.15, 0.2) is 16.6 Å². The van der Waals surface area contributed by atoms with Crippen molar-refractivity contribution >= 4 is 15.9 Å². The summed E-state index contributed by atoms with van der Waals surface area (Å²) in [4.78, 5) is 0. The third-order valence-corrected chi connectivity index (χ3v) is 2.55. The lowest BCUT2D eigenvalue weighted by atomic mass is 10.3. The third kappa shape index (κ3) is 5.00. The quantitative estimate of drug-likeness (QED) is 0.641. The number of benzene rings is 1. The Balaban J connectivity index is 2.41. The van der Waals surface area contributed by atoms with Gasteiger partial charge in [0, 0.05) is 10.5 Å². The Morgan fingerprint density at radius 2 is 2.06 bits per heavy atom. The summed E-state index contributed by atoms with van der Waals surface area (Å²) in [6.07, 6.45) is 0.742. The molecule has 1 aromatic rings. The summed E-state index contributed by atoms with van der Waals surface area (Å²) in [5.41, 5.74) is 0. The summed E-state index contributed by atoms with van der Waals surface area (Å²) in [6, 6.07) is 2.91. The Labute approximate surface area is 108 Å². The molecule has 0 unspecified atom stereocenters. The number of hydrogen-bond acceptors (Lipinski definition) is 2. The van der Waals surface area contributed by atoms with Crippen LogP contribution in [0.4, 0.5) is 8.78 Å². The molecule has 0 radical (unpaired) electrons. The van der Waals surface area contributed by atoms with Crippen molar-refractivity contribution < 1.29 is 13.5 Å². The molecule has 17 heavy (non-hydrogen) atoms. The molecule has 0 amide bonds. The Morgan fingerprint density at radius 3 is 2.71 bits per heavy atom. The second kappa shape index (κ2) is 6.91. The van der Waals surface area contributed by atoms with E-state index < -0.39 is 11.6 Å². The first-order valence-corrected chi connectivity index (χ1v) is 6.30. The van der Waals surface area contributed by atoms with Crippen LogP contribution in [0, 0.1) is 11.6 Å². The zero-order chi connectivity index (χ0) is 12.8. The van der Waals surface area contributed by atoms with Gasteiger partial charge in [0.05, 0.1) is 6.61 Å². The molecule has 0 spiro atoms. The Hall–Kier alpha value is -0.680. The summed E-state index contributed by atoms with van der Waals surface area (Å²) in [6.45, 7) is 5.23. The summed E-state index contributed by atoms with van der Waals surface area (Å²) in [5, 5.41) is 3.21. The molecule has 1 N–H and O–H groups in total. The van der Waals surface area contributed by atoms with Crippen LogP contribution in [0.1, 0.15) is 20.3 Å². The summed E-state index contributed by atoms with van der Waals surface area (Å²) < 4.78 is 32.0. The van der Waals surface area contributed by atoms with Crippen LogP contribution in [0.5, 0.6) is 5.75 Å². The van der Waals surface area contributed by atoms with Crippen molar-refractivity contribution in [3.63, 3.8) is 0 Å². The van der Waals surface area contributed by atoms with Gasteiger partial charge >= 0.3 is 0 Å². The van der Waals surface area contributed by atoms with Gasteiger partial charge in [-0.15, -0.1) is 0 Å². The van der Waals surface area contributed by atoms with Gasteiger partial charge < -0.3 is 10.1 Å². The van der Waals surface area contributed by atoms with Crippen LogP contribution >= 0.6 is 15.9 Å². The molecular formula is C12H16BrF2NO. The highest BCUT2D eigenvalue weighted by Gasteiger charge is 2.10. The van der Waals surface area contributed by atoms with Gasteiger partial charge in [0.2, 0.25) is 5.82 Å². The summed E-state index contributed by atoms with van der Waals surface area (Å²) in [5.74, 6) is -1.90. The smallest absolute Gasteiger partial charge is 0.200 e. The normalized spacial score (nSPS) is 10.9. The van der Waals surface area contributed by atoms with Crippen molar-refractivity contribution in [3.05, 3.63) is 28.2 Å². The molecule has 5 heteroatoms. The highest BCUT2D eigenvalue weighted by atomic mass is 79.9. The predicted octanol–water partition coefficient (Wildman–Crippen LogP) is 3.49. The first-order chi connectivity index (χ1) is 8.00. The number of halogens is 3. The van der Waals surface area contributed by atoms with Gasteiger partial charge in [-0.25, -0.2) is 4.39 Å². The molecule has 1 rings (SSSR count). The van der Waals surface area contributed by atoms with Crippen LogP contribution in [0.3, 0.4) is 0 Å². The van der Waals surface area contributed by atoms with E-state index in [-0.39, 0.29) is 5.75 Å². The standard InChI is InChI=1S/C12H16BrF2NO/c1-8(2)16-4-3-5-17-11-7-9(13)6-10(14)12(11)15/h6-8,16H,3-5H2,1-2H3. The third-order valence-electron chi connectivity index (χ3n) is 2.09. The fraction of sp³-hybridized carbons (Fsp3) is 0.500. The van der Waals surface area contributed by atoms with E-state index in [0.717, 1.165) is 19.0 Å². The van der Waals surface area contributed by atoms with Crippen molar-refractivity contribution in [1.82, 2.24) is 5.32 Å². The molecule has 96 valence electrons. The maximum absolute atomic E-state index is 13.3. The summed E-state index contributed by atoms with van der Waals surface area (Å²) >= 11 is 3.09. The molecule has 0 saturated carbocycles. The van der Waals surface area contributed by atoms with E-state index in [0.29, 0.717) is 17.1 Å². The topological polar surface area (TPSA) is 21.3 Å². The van der Waals surface area contributed by atoms with Gasteiger partial charge in [-0.3, -0.25) is 0 Å². The zero-order valence-electron chi connectivity index (χ0n) is 9.90. The van der Waals surface area contributed by atoms with Crippen molar-refractivity contribution in [3.8, 4) is 5.75 Å². The molecule has 0 aliphatic rings. The Bertz CT molecular complexity index is 372. The van der Waals surface area contributed by atoms with E-state index in [2.05, 4.69) is 21.2 Å². The number of ether oxygens (including phenoxy) is 1. The number of rotatable bonds is 6. The number of hydrogen-bond donors (Lipinski definition) is 1. The van der Waals surface area contributed by atoms with E-state index in [4.69, 9.17) is 4.74 Å². The largest absolute Gasteiger partial charge is 0.490 e. The molecule has 0 aromatic heterocycles. The summed E-state index contributed by atoms with van der Waals surface area (Å²) in [7, 11) is 0. The minimum absolute atomic E-state index is 0.0542. The van der Waals surface area contributed by atoms with Gasteiger partial charge in [0.25, 0.3) is 0 Å². The predicted molar refractivity (Wildman–Crippen MR) is 67.3 cm³/mol. The van der Waals surface area contributed by atoms with Crippen LogP contribution in [0.2, 0.25) is 0 Å². The van der Waals surface area contributed by atoms with Gasteiger partial charge in [-0.1, -0.05) is 29.8 Å². The van der Waals surface area contributed by atoms with E-state index in [1.807, 2.05) is 13.8 Å². The van der Waals surface area contributed by atoms with Crippen LogP contribution in [0.25, 0.3) is 0 Å². The minimum Gasteiger partial charge on any atom is -0.490 e. The lowest BCUT2D eigenvalue weighted by molar-refractivity contribution is 0.286. The lowest BCUT2D eigenvalue weighted by Gasteiger charge is -2.10. The average Bonchev–Trinajstić information content (AvgIpc) is 2.23. The lowest BCUT2D eigenvalue weighted by Crippen LogP contribution is -2.24. The van der Waals surface area contributed by atoms with Gasteiger partial charge in [-0.2, -0.15) is 4.39 Å². The van der Waals surface area contributed by atoms with Crippen molar-refractivity contribution in [2.24, 2.45) is 0 Å².